The van der Waals surface area contributed by atoms with Gasteiger partial charge in [-0.2, -0.15) is 0 Å². The van der Waals surface area contributed by atoms with Crippen LogP contribution in [-0.2, 0) is 22.7 Å². The molecule has 25 heavy (non-hydrogen) atoms. The number of imidazole rings is 1. The summed E-state index contributed by atoms with van der Waals surface area (Å²) in [4.78, 5) is 32.4. The lowest BCUT2D eigenvalue weighted by Crippen LogP contribution is -2.58. The van der Waals surface area contributed by atoms with E-state index in [0.29, 0.717) is 19.6 Å². The molecule has 3 rings (SSSR count). The largest absolute Gasteiger partial charge is 0.497 e. The van der Waals surface area contributed by atoms with Gasteiger partial charge in [-0.1, -0.05) is 12.1 Å². The van der Waals surface area contributed by atoms with E-state index < -0.39 is 6.04 Å². The summed E-state index contributed by atoms with van der Waals surface area (Å²) in [6, 6.07) is 7.07. The van der Waals surface area contributed by atoms with Gasteiger partial charge < -0.3 is 19.1 Å². The molecule has 1 saturated heterocycles. The van der Waals surface area contributed by atoms with Gasteiger partial charge in [0.15, 0.2) is 0 Å². The summed E-state index contributed by atoms with van der Waals surface area (Å²) in [6.45, 7) is 3.45. The Morgan fingerprint density at radius 2 is 1.96 bits per heavy atom. The molecule has 0 bridgehead atoms. The first kappa shape index (κ1) is 17.0. The number of ether oxygens (including phenoxy) is 1. The highest BCUT2D eigenvalue weighted by molar-refractivity contribution is 5.94. The first-order valence-electron chi connectivity index (χ1n) is 8.25. The summed E-state index contributed by atoms with van der Waals surface area (Å²) in [7, 11) is 1.61. The Bertz CT molecular complexity index is 727. The third kappa shape index (κ3) is 3.81. The monoisotopic (exact) mass is 342 g/mol. The molecule has 2 amide bonds. The molecule has 1 aliphatic heterocycles. The van der Waals surface area contributed by atoms with Crippen molar-refractivity contribution < 1.29 is 14.3 Å². The minimum absolute atomic E-state index is 0.0268. The zero-order valence-corrected chi connectivity index (χ0v) is 14.5. The van der Waals surface area contributed by atoms with Crippen LogP contribution in [0.2, 0.25) is 0 Å². The van der Waals surface area contributed by atoms with Gasteiger partial charge in [0, 0.05) is 32.0 Å². The second-order valence-electron chi connectivity index (χ2n) is 6.11. The summed E-state index contributed by atoms with van der Waals surface area (Å²) in [5, 5.41) is 0. The molecule has 0 spiro atoms. The molecule has 1 atom stereocenters. The maximum atomic E-state index is 12.7. The van der Waals surface area contributed by atoms with Crippen molar-refractivity contribution in [1.29, 1.82) is 0 Å². The van der Waals surface area contributed by atoms with Gasteiger partial charge in [-0.15, -0.1) is 0 Å². The molecule has 0 aliphatic carbocycles. The van der Waals surface area contributed by atoms with E-state index in [1.807, 2.05) is 35.0 Å². The number of aromatic nitrogens is 2. The summed E-state index contributed by atoms with van der Waals surface area (Å²) >= 11 is 0. The highest BCUT2D eigenvalue weighted by atomic mass is 16.5. The number of hydrogen-bond donors (Lipinski definition) is 0. The van der Waals surface area contributed by atoms with Crippen LogP contribution in [0.3, 0.4) is 0 Å². The zero-order valence-electron chi connectivity index (χ0n) is 14.5. The van der Waals surface area contributed by atoms with Gasteiger partial charge in [0.25, 0.3) is 0 Å². The Hall–Kier alpha value is -2.83. The Labute approximate surface area is 146 Å². The second-order valence-corrected chi connectivity index (χ2v) is 6.11. The molecule has 1 aliphatic rings. The van der Waals surface area contributed by atoms with Crippen molar-refractivity contribution >= 4 is 11.8 Å². The molecule has 0 unspecified atom stereocenters. The van der Waals surface area contributed by atoms with Gasteiger partial charge in [0.2, 0.25) is 11.8 Å². The number of nitrogens with zero attached hydrogens (tertiary/aromatic N) is 4. The summed E-state index contributed by atoms with van der Waals surface area (Å²) < 4.78 is 7.04. The minimum atomic E-state index is -0.456. The van der Waals surface area contributed by atoms with E-state index in [4.69, 9.17) is 4.74 Å². The van der Waals surface area contributed by atoms with Crippen molar-refractivity contribution in [2.24, 2.45) is 0 Å². The number of piperazine rings is 1. The number of benzene rings is 1. The fraction of sp³-hybridized carbons (Fsp3) is 0.389. The zero-order chi connectivity index (χ0) is 17.8. The minimum Gasteiger partial charge on any atom is -0.497 e. The van der Waals surface area contributed by atoms with Gasteiger partial charge in [0.1, 0.15) is 18.3 Å². The Morgan fingerprint density at radius 1 is 1.20 bits per heavy atom. The first-order chi connectivity index (χ1) is 12.1. The Balaban J connectivity index is 1.62. The second kappa shape index (κ2) is 7.38. The normalized spacial score (nSPS) is 17.9. The number of carbonyl (C=O) groups excluding carboxylic acids is 2. The topological polar surface area (TPSA) is 67.7 Å². The molecular formula is C18H22N4O3. The molecule has 1 fully saturated rings. The van der Waals surface area contributed by atoms with Gasteiger partial charge in [-0.25, -0.2) is 4.98 Å². The molecule has 0 saturated carbocycles. The Morgan fingerprint density at radius 3 is 2.60 bits per heavy atom. The van der Waals surface area contributed by atoms with Crippen molar-refractivity contribution in [3.8, 4) is 5.75 Å². The van der Waals surface area contributed by atoms with Crippen LogP contribution >= 0.6 is 0 Å². The number of methoxy groups -OCH3 is 1. The predicted octanol–water partition coefficient (Wildman–Crippen LogP) is 1.15. The van der Waals surface area contributed by atoms with E-state index in [-0.39, 0.29) is 18.4 Å². The van der Waals surface area contributed by atoms with Crippen molar-refractivity contribution in [1.82, 2.24) is 19.4 Å². The molecule has 0 radical (unpaired) electrons. The van der Waals surface area contributed by atoms with E-state index in [1.165, 1.54) is 0 Å². The van der Waals surface area contributed by atoms with Crippen molar-refractivity contribution in [2.45, 2.75) is 26.1 Å². The smallest absolute Gasteiger partial charge is 0.245 e. The number of carbonyl (C=O) groups is 2. The molecular weight excluding hydrogens is 320 g/mol. The molecule has 1 aromatic heterocycles. The highest BCUT2D eigenvalue weighted by Crippen LogP contribution is 2.18. The quantitative estimate of drug-likeness (QED) is 0.790. The molecule has 132 valence electrons. The number of amides is 2. The molecule has 2 aromatic rings. The average Bonchev–Trinajstić information content (AvgIpc) is 3.13. The Kier molecular flexibility index (Phi) is 5.02. The van der Waals surface area contributed by atoms with Crippen molar-refractivity contribution in [3.63, 3.8) is 0 Å². The molecule has 7 nitrogen and oxygen atoms in total. The molecule has 1 aromatic carbocycles. The average molecular weight is 342 g/mol. The van der Waals surface area contributed by atoms with Crippen LogP contribution in [0.25, 0.3) is 0 Å². The van der Waals surface area contributed by atoms with Gasteiger partial charge in [-0.3, -0.25) is 9.59 Å². The van der Waals surface area contributed by atoms with Crippen LogP contribution in [0.1, 0.15) is 12.5 Å². The lowest BCUT2D eigenvalue weighted by molar-refractivity contribution is -0.155. The summed E-state index contributed by atoms with van der Waals surface area (Å²) in [5.41, 5.74) is 0.973. The molecule has 2 heterocycles. The van der Waals surface area contributed by atoms with Crippen LogP contribution < -0.4 is 4.74 Å². The van der Waals surface area contributed by atoms with E-state index >= 15 is 0 Å². The van der Waals surface area contributed by atoms with Crippen LogP contribution in [0.4, 0.5) is 0 Å². The fourth-order valence-corrected chi connectivity index (χ4v) is 2.99. The summed E-state index contributed by atoms with van der Waals surface area (Å²) in [6.07, 6.45) is 5.25. The first-order valence-corrected chi connectivity index (χ1v) is 8.25. The molecule has 7 heteroatoms. The summed E-state index contributed by atoms with van der Waals surface area (Å²) in [5.74, 6) is 0.714. The SMILES string of the molecule is COc1ccc(CN2CC(=O)N(CCn3ccnc3)[C@@H](C)C2=O)cc1. The fourth-order valence-electron chi connectivity index (χ4n) is 2.99. The van der Waals surface area contributed by atoms with E-state index in [0.717, 1.165) is 11.3 Å². The van der Waals surface area contributed by atoms with Crippen LogP contribution in [-0.4, -0.2) is 57.4 Å². The van der Waals surface area contributed by atoms with Crippen LogP contribution in [0, 0.1) is 0 Å². The van der Waals surface area contributed by atoms with Gasteiger partial charge in [-0.05, 0) is 24.6 Å². The standard InChI is InChI=1S/C18H22N4O3/c1-14-18(24)21(11-15-3-5-16(25-2)6-4-15)12-17(23)22(14)10-9-20-8-7-19-13-20/h3-8,13-14H,9-12H2,1-2H3/t14-/m0/s1. The predicted molar refractivity (Wildman–Crippen MR) is 91.8 cm³/mol. The maximum Gasteiger partial charge on any atom is 0.245 e. The number of rotatable bonds is 6. The third-order valence-electron chi connectivity index (χ3n) is 4.47. The van der Waals surface area contributed by atoms with Crippen molar-refractivity contribution in [2.75, 3.05) is 20.2 Å². The van der Waals surface area contributed by atoms with Crippen molar-refractivity contribution in [3.05, 3.63) is 48.5 Å². The number of hydrogen-bond acceptors (Lipinski definition) is 4. The molecule has 0 N–H and O–H groups in total. The van der Waals surface area contributed by atoms with Crippen LogP contribution in [0.15, 0.2) is 43.0 Å². The third-order valence-corrected chi connectivity index (χ3v) is 4.47. The van der Waals surface area contributed by atoms with E-state index in [1.54, 1.807) is 36.4 Å². The van der Waals surface area contributed by atoms with Gasteiger partial charge in [0.05, 0.1) is 13.4 Å². The lowest BCUT2D eigenvalue weighted by atomic mass is 10.1. The van der Waals surface area contributed by atoms with E-state index in [2.05, 4.69) is 4.98 Å². The lowest BCUT2D eigenvalue weighted by Gasteiger charge is -2.38. The maximum absolute atomic E-state index is 12.7. The van der Waals surface area contributed by atoms with Gasteiger partial charge >= 0.3 is 0 Å². The highest BCUT2D eigenvalue weighted by Gasteiger charge is 2.36. The van der Waals surface area contributed by atoms with E-state index in [9.17, 15) is 9.59 Å². The van der Waals surface area contributed by atoms with Crippen LogP contribution in [0.5, 0.6) is 5.75 Å².